The molecule has 1 rings (SSSR count). The van der Waals surface area contributed by atoms with E-state index in [-0.39, 0.29) is 0 Å². The standard InChI is InChI=1S/C7H15NO/c1-6-3-8(4-6)7(2)5-9/h6-7,9H,3-5H2,1-2H3/t7-/m1/s1. The third-order valence-corrected chi connectivity index (χ3v) is 1.98. The molecule has 0 radical (unpaired) electrons. The normalized spacial score (nSPS) is 25.7. The molecule has 0 spiro atoms. The summed E-state index contributed by atoms with van der Waals surface area (Å²) in [5.41, 5.74) is 0. The summed E-state index contributed by atoms with van der Waals surface area (Å²) in [6.45, 7) is 6.93. The number of aliphatic hydroxyl groups excluding tert-OH is 1. The molecule has 0 bridgehead atoms. The van der Waals surface area contributed by atoms with Gasteiger partial charge in [0.1, 0.15) is 0 Å². The fraction of sp³-hybridized carbons (Fsp3) is 1.00. The fourth-order valence-electron chi connectivity index (χ4n) is 1.22. The number of hydrogen-bond acceptors (Lipinski definition) is 2. The van der Waals surface area contributed by atoms with Crippen molar-refractivity contribution in [3.63, 3.8) is 0 Å². The molecular weight excluding hydrogens is 114 g/mol. The zero-order valence-electron chi connectivity index (χ0n) is 6.17. The predicted molar refractivity (Wildman–Crippen MR) is 37.3 cm³/mol. The summed E-state index contributed by atoms with van der Waals surface area (Å²) in [4.78, 5) is 2.30. The Balaban J connectivity index is 2.15. The van der Waals surface area contributed by atoms with Crippen LogP contribution in [0.4, 0.5) is 0 Å². The highest BCUT2D eigenvalue weighted by Gasteiger charge is 2.25. The van der Waals surface area contributed by atoms with Crippen LogP contribution in [0.25, 0.3) is 0 Å². The van der Waals surface area contributed by atoms with Gasteiger partial charge in [-0.1, -0.05) is 6.92 Å². The highest BCUT2D eigenvalue weighted by atomic mass is 16.3. The van der Waals surface area contributed by atoms with Crippen molar-refractivity contribution in [1.82, 2.24) is 4.90 Å². The summed E-state index contributed by atoms with van der Waals surface area (Å²) in [5, 5.41) is 8.71. The quantitative estimate of drug-likeness (QED) is 0.580. The van der Waals surface area contributed by atoms with Crippen molar-refractivity contribution < 1.29 is 5.11 Å². The van der Waals surface area contributed by atoms with Crippen LogP contribution in [0.2, 0.25) is 0 Å². The molecule has 0 amide bonds. The van der Waals surface area contributed by atoms with Crippen LogP contribution in [0.5, 0.6) is 0 Å². The Kier molecular flexibility index (Phi) is 2.09. The summed E-state index contributed by atoms with van der Waals surface area (Å²) >= 11 is 0. The van der Waals surface area contributed by atoms with E-state index < -0.39 is 0 Å². The van der Waals surface area contributed by atoms with Gasteiger partial charge in [0.05, 0.1) is 6.61 Å². The van der Waals surface area contributed by atoms with Gasteiger partial charge in [-0.05, 0) is 12.8 Å². The lowest BCUT2D eigenvalue weighted by Crippen LogP contribution is -2.51. The van der Waals surface area contributed by atoms with E-state index in [2.05, 4.69) is 18.7 Å². The molecule has 1 aliphatic rings. The number of rotatable bonds is 2. The Morgan fingerprint density at radius 1 is 1.67 bits per heavy atom. The predicted octanol–water partition coefficient (Wildman–Crippen LogP) is 0.319. The Morgan fingerprint density at radius 2 is 2.22 bits per heavy atom. The lowest BCUT2D eigenvalue weighted by molar-refractivity contribution is 0.0405. The lowest BCUT2D eigenvalue weighted by atomic mass is 10.0. The van der Waals surface area contributed by atoms with Gasteiger partial charge in [-0.2, -0.15) is 0 Å². The van der Waals surface area contributed by atoms with Gasteiger partial charge < -0.3 is 5.11 Å². The van der Waals surface area contributed by atoms with Gasteiger partial charge in [0, 0.05) is 19.1 Å². The molecule has 2 heteroatoms. The Morgan fingerprint density at radius 3 is 2.56 bits per heavy atom. The smallest absolute Gasteiger partial charge is 0.0584 e. The number of likely N-dealkylation sites (tertiary alicyclic amines) is 1. The van der Waals surface area contributed by atoms with Gasteiger partial charge >= 0.3 is 0 Å². The summed E-state index contributed by atoms with van der Waals surface area (Å²) < 4.78 is 0. The van der Waals surface area contributed by atoms with Crippen LogP contribution >= 0.6 is 0 Å². The van der Waals surface area contributed by atoms with Crippen LogP contribution in [-0.2, 0) is 0 Å². The Labute approximate surface area is 56.5 Å². The van der Waals surface area contributed by atoms with Crippen LogP contribution in [0, 0.1) is 5.92 Å². The topological polar surface area (TPSA) is 23.5 Å². The maximum atomic E-state index is 8.71. The van der Waals surface area contributed by atoms with Gasteiger partial charge in [0.25, 0.3) is 0 Å². The number of hydrogen-bond donors (Lipinski definition) is 1. The molecule has 0 aliphatic carbocycles. The van der Waals surface area contributed by atoms with E-state index in [1.165, 1.54) is 13.1 Å². The van der Waals surface area contributed by atoms with Gasteiger partial charge in [-0.25, -0.2) is 0 Å². The Bertz CT molecular complexity index is 88.9. The van der Waals surface area contributed by atoms with Crippen molar-refractivity contribution in [2.24, 2.45) is 5.92 Å². The highest BCUT2D eigenvalue weighted by molar-refractivity contribution is 4.79. The van der Waals surface area contributed by atoms with Gasteiger partial charge in [-0.15, -0.1) is 0 Å². The average Bonchev–Trinajstić information content (AvgIpc) is 1.79. The first kappa shape index (κ1) is 7.03. The lowest BCUT2D eigenvalue weighted by Gasteiger charge is -2.40. The van der Waals surface area contributed by atoms with Crippen molar-refractivity contribution >= 4 is 0 Å². The summed E-state index contributed by atoms with van der Waals surface area (Å²) in [7, 11) is 0. The third-order valence-electron chi connectivity index (χ3n) is 1.98. The van der Waals surface area contributed by atoms with Gasteiger partial charge in [0.2, 0.25) is 0 Å². The summed E-state index contributed by atoms with van der Waals surface area (Å²) in [6, 6.07) is 0.376. The molecule has 0 saturated carbocycles. The maximum Gasteiger partial charge on any atom is 0.0584 e. The third kappa shape index (κ3) is 1.43. The van der Waals surface area contributed by atoms with Gasteiger partial charge in [-0.3, -0.25) is 4.90 Å². The van der Waals surface area contributed by atoms with Crippen LogP contribution in [0.3, 0.4) is 0 Å². The molecule has 1 N–H and O–H groups in total. The molecule has 54 valence electrons. The first-order valence-corrected chi connectivity index (χ1v) is 3.59. The monoisotopic (exact) mass is 129 g/mol. The van der Waals surface area contributed by atoms with Crippen molar-refractivity contribution in [1.29, 1.82) is 0 Å². The molecule has 2 nitrogen and oxygen atoms in total. The second kappa shape index (κ2) is 2.67. The van der Waals surface area contributed by atoms with E-state index in [4.69, 9.17) is 5.11 Å². The van der Waals surface area contributed by atoms with E-state index in [0.29, 0.717) is 12.6 Å². The van der Waals surface area contributed by atoms with Crippen molar-refractivity contribution in [3.05, 3.63) is 0 Å². The van der Waals surface area contributed by atoms with Crippen LogP contribution in [-0.4, -0.2) is 35.7 Å². The highest BCUT2D eigenvalue weighted by Crippen LogP contribution is 2.16. The van der Waals surface area contributed by atoms with E-state index in [0.717, 1.165) is 5.92 Å². The summed E-state index contributed by atoms with van der Waals surface area (Å²) in [5.74, 6) is 0.846. The molecule has 1 saturated heterocycles. The minimum Gasteiger partial charge on any atom is -0.395 e. The first-order chi connectivity index (χ1) is 4.24. The average molecular weight is 129 g/mol. The van der Waals surface area contributed by atoms with Gasteiger partial charge in [0.15, 0.2) is 0 Å². The molecule has 0 unspecified atom stereocenters. The molecular formula is C7H15NO. The summed E-state index contributed by atoms with van der Waals surface area (Å²) in [6.07, 6.45) is 0. The van der Waals surface area contributed by atoms with Crippen LogP contribution in [0.1, 0.15) is 13.8 Å². The second-order valence-corrected chi connectivity index (χ2v) is 3.09. The minimum atomic E-state index is 0.298. The van der Waals surface area contributed by atoms with Crippen LogP contribution < -0.4 is 0 Å². The largest absolute Gasteiger partial charge is 0.395 e. The van der Waals surface area contributed by atoms with E-state index in [1.54, 1.807) is 0 Å². The molecule has 0 aromatic rings. The molecule has 1 aliphatic heterocycles. The van der Waals surface area contributed by atoms with Crippen molar-refractivity contribution in [3.8, 4) is 0 Å². The fourth-order valence-corrected chi connectivity index (χ4v) is 1.22. The van der Waals surface area contributed by atoms with Crippen molar-refractivity contribution in [2.45, 2.75) is 19.9 Å². The second-order valence-electron chi connectivity index (χ2n) is 3.09. The SMILES string of the molecule is CC1CN([C@H](C)CO)C1. The molecule has 9 heavy (non-hydrogen) atoms. The van der Waals surface area contributed by atoms with E-state index in [9.17, 15) is 0 Å². The maximum absolute atomic E-state index is 8.71. The zero-order chi connectivity index (χ0) is 6.85. The minimum absolute atomic E-state index is 0.298. The molecule has 0 aromatic carbocycles. The molecule has 1 atom stereocenters. The van der Waals surface area contributed by atoms with E-state index >= 15 is 0 Å². The molecule has 1 fully saturated rings. The van der Waals surface area contributed by atoms with E-state index in [1.807, 2.05) is 0 Å². The number of nitrogens with zero attached hydrogens (tertiary/aromatic N) is 1. The Hall–Kier alpha value is -0.0800. The molecule has 1 heterocycles. The first-order valence-electron chi connectivity index (χ1n) is 3.59. The molecule has 0 aromatic heterocycles. The van der Waals surface area contributed by atoms with Crippen LogP contribution in [0.15, 0.2) is 0 Å². The number of aliphatic hydroxyl groups is 1. The zero-order valence-corrected chi connectivity index (χ0v) is 6.17. The van der Waals surface area contributed by atoms with Crippen molar-refractivity contribution in [2.75, 3.05) is 19.7 Å².